The van der Waals surface area contributed by atoms with Gasteiger partial charge in [0.1, 0.15) is 5.76 Å². The molecule has 0 saturated carbocycles. The smallest absolute Gasteiger partial charge is 0.256 e. The summed E-state index contributed by atoms with van der Waals surface area (Å²) in [6.07, 6.45) is 2.42. The summed E-state index contributed by atoms with van der Waals surface area (Å²) in [6.45, 7) is 1.99. The number of piperidine rings is 1. The first-order chi connectivity index (χ1) is 13.7. The van der Waals surface area contributed by atoms with Crippen molar-refractivity contribution in [1.82, 2.24) is 10.6 Å². The first kappa shape index (κ1) is 18.4. The molecule has 0 spiro atoms. The van der Waals surface area contributed by atoms with Crippen LogP contribution in [0.3, 0.4) is 0 Å². The van der Waals surface area contributed by atoms with Crippen LogP contribution in [0, 0.1) is 5.92 Å². The number of fused-ring (bicyclic) bond motifs is 1. The number of amides is 1. The molecule has 2 atom stereocenters. The van der Waals surface area contributed by atoms with E-state index >= 15 is 0 Å². The Balaban J connectivity index is 1.51. The van der Waals surface area contributed by atoms with E-state index < -0.39 is 0 Å². The van der Waals surface area contributed by atoms with Crippen LogP contribution in [0.4, 0.5) is 0 Å². The highest BCUT2D eigenvalue weighted by Gasteiger charge is 2.33. The number of dihydropyridines is 1. The third-order valence-corrected chi connectivity index (χ3v) is 5.58. The molecule has 3 N–H and O–H groups in total. The number of nitrogens with one attached hydrogen (secondary N) is 2. The number of aliphatic hydroxyl groups excluding tert-OH is 1. The number of nitrogens with zero attached hydrogens (tertiary/aromatic N) is 1. The molecular weight excluding hydrogens is 350 g/mol. The third-order valence-electron chi connectivity index (χ3n) is 5.58. The van der Waals surface area contributed by atoms with Crippen molar-refractivity contribution < 1.29 is 9.90 Å². The molecule has 144 valence electrons. The van der Waals surface area contributed by atoms with Crippen molar-refractivity contribution in [2.24, 2.45) is 10.9 Å². The molecule has 0 aliphatic carbocycles. The van der Waals surface area contributed by atoms with E-state index in [-0.39, 0.29) is 35.1 Å². The van der Waals surface area contributed by atoms with Gasteiger partial charge in [-0.15, -0.1) is 0 Å². The Kier molecular flexibility index (Phi) is 5.53. The Morgan fingerprint density at radius 1 is 1.11 bits per heavy atom. The maximum absolute atomic E-state index is 12.8. The van der Waals surface area contributed by atoms with Gasteiger partial charge in [-0.25, -0.2) is 0 Å². The number of benzene rings is 2. The number of carbonyl (C=O) groups is 1. The summed E-state index contributed by atoms with van der Waals surface area (Å²) in [5.41, 5.74) is 2.56. The lowest BCUT2D eigenvalue weighted by atomic mass is 9.87. The van der Waals surface area contributed by atoms with Crippen molar-refractivity contribution in [3.8, 4) is 0 Å². The fourth-order valence-corrected chi connectivity index (χ4v) is 4.00. The van der Waals surface area contributed by atoms with Crippen LogP contribution in [0.1, 0.15) is 23.5 Å². The molecule has 4 rings (SSSR count). The Bertz CT molecular complexity index is 838. The van der Waals surface area contributed by atoms with Crippen molar-refractivity contribution in [3.05, 3.63) is 83.1 Å². The van der Waals surface area contributed by atoms with E-state index in [9.17, 15) is 9.90 Å². The van der Waals surface area contributed by atoms with Gasteiger partial charge in [-0.1, -0.05) is 60.7 Å². The summed E-state index contributed by atoms with van der Waals surface area (Å²) >= 11 is 0. The minimum absolute atomic E-state index is 0.0405. The molecule has 2 heterocycles. The maximum Gasteiger partial charge on any atom is 0.256 e. The number of rotatable bonds is 5. The average Bonchev–Trinajstić information content (AvgIpc) is 2.76. The van der Waals surface area contributed by atoms with E-state index in [4.69, 9.17) is 0 Å². The zero-order chi connectivity index (χ0) is 19.3. The van der Waals surface area contributed by atoms with E-state index in [1.807, 2.05) is 36.4 Å². The monoisotopic (exact) mass is 375 g/mol. The summed E-state index contributed by atoms with van der Waals surface area (Å²) in [6, 6.07) is 20.3. The number of aliphatic imine (C=N–C) groups is 1. The molecule has 1 saturated heterocycles. The van der Waals surface area contributed by atoms with E-state index in [1.54, 1.807) is 0 Å². The largest absolute Gasteiger partial charge is 0.511 e. The van der Waals surface area contributed by atoms with Gasteiger partial charge in [0.15, 0.2) is 0 Å². The molecule has 2 unspecified atom stereocenters. The summed E-state index contributed by atoms with van der Waals surface area (Å²) in [7, 11) is 0. The molecule has 2 aliphatic heterocycles. The molecule has 2 aromatic rings. The van der Waals surface area contributed by atoms with Gasteiger partial charge in [0.2, 0.25) is 0 Å². The average molecular weight is 375 g/mol. The highest BCUT2D eigenvalue weighted by molar-refractivity contribution is 6.13. The zero-order valence-electron chi connectivity index (χ0n) is 15.7. The molecule has 1 amide bonds. The van der Waals surface area contributed by atoms with Crippen LogP contribution in [0.2, 0.25) is 0 Å². The molecule has 0 aromatic heterocycles. The molecule has 2 aromatic carbocycles. The lowest BCUT2D eigenvalue weighted by molar-refractivity contribution is -0.117. The molecule has 28 heavy (non-hydrogen) atoms. The molecule has 0 radical (unpaired) electrons. The summed E-state index contributed by atoms with van der Waals surface area (Å²) in [5.74, 6) is -0.194. The predicted octanol–water partition coefficient (Wildman–Crippen LogP) is 2.81. The molecule has 2 aliphatic rings. The second kappa shape index (κ2) is 8.40. The van der Waals surface area contributed by atoms with E-state index in [1.165, 1.54) is 6.21 Å². The fraction of sp³-hybridized carbons (Fsp3) is 0.304. The minimum Gasteiger partial charge on any atom is -0.511 e. The van der Waals surface area contributed by atoms with Gasteiger partial charge < -0.3 is 15.7 Å². The second-order valence-electron chi connectivity index (χ2n) is 7.33. The van der Waals surface area contributed by atoms with Gasteiger partial charge in [-0.3, -0.25) is 9.79 Å². The molecule has 5 nitrogen and oxygen atoms in total. The van der Waals surface area contributed by atoms with Crippen LogP contribution in [0.15, 0.2) is 77.0 Å². The molecule has 5 heteroatoms. The third kappa shape index (κ3) is 3.85. The van der Waals surface area contributed by atoms with Crippen molar-refractivity contribution >= 4 is 12.1 Å². The van der Waals surface area contributed by atoms with Gasteiger partial charge in [0.25, 0.3) is 5.91 Å². The number of hydrogen-bond acceptors (Lipinski definition) is 4. The Labute approximate surface area is 165 Å². The fourth-order valence-electron chi connectivity index (χ4n) is 4.00. The van der Waals surface area contributed by atoms with Gasteiger partial charge in [0, 0.05) is 25.2 Å². The van der Waals surface area contributed by atoms with Crippen LogP contribution in [-0.2, 0) is 4.79 Å². The normalized spacial score (nSPS) is 21.5. The van der Waals surface area contributed by atoms with Crippen LogP contribution >= 0.6 is 0 Å². The number of carbonyl (C=O) groups excluding carboxylic acids is 1. The summed E-state index contributed by atoms with van der Waals surface area (Å²) in [4.78, 5) is 17.3. The van der Waals surface area contributed by atoms with Crippen molar-refractivity contribution in [1.29, 1.82) is 0 Å². The lowest BCUT2D eigenvalue weighted by Gasteiger charge is -2.32. The predicted molar refractivity (Wildman–Crippen MR) is 111 cm³/mol. The van der Waals surface area contributed by atoms with Crippen molar-refractivity contribution in [3.63, 3.8) is 0 Å². The quantitative estimate of drug-likeness (QED) is 0.752. The van der Waals surface area contributed by atoms with Crippen molar-refractivity contribution in [2.45, 2.75) is 18.4 Å². The first-order valence-corrected chi connectivity index (χ1v) is 9.79. The van der Waals surface area contributed by atoms with E-state index in [2.05, 4.69) is 39.9 Å². The number of aliphatic hydroxyl groups is 1. The lowest BCUT2D eigenvalue weighted by Crippen LogP contribution is -2.43. The Morgan fingerprint density at radius 2 is 1.75 bits per heavy atom. The topological polar surface area (TPSA) is 73.7 Å². The molecule has 0 bridgehead atoms. The maximum atomic E-state index is 12.8. The van der Waals surface area contributed by atoms with E-state index in [0.29, 0.717) is 13.1 Å². The SMILES string of the molecule is O=C(NCC(c1ccccc1)c1ccccc1)C1=C(O)C2CNCCC2N=C1. The van der Waals surface area contributed by atoms with Crippen LogP contribution < -0.4 is 10.6 Å². The van der Waals surface area contributed by atoms with E-state index in [0.717, 1.165) is 24.1 Å². The Morgan fingerprint density at radius 3 is 2.39 bits per heavy atom. The van der Waals surface area contributed by atoms with Crippen LogP contribution in [0.25, 0.3) is 0 Å². The van der Waals surface area contributed by atoms with Gasteiger partial charge in [0.05, 0.1) is 17.5 Å². The van der Waals surface area contributed by atoms with Gasteiger partial charge in [-0.05, 0) is 24.1 Å². The van der Waals surface area contributed by atoms with Crippen LogP contribution in [-0.4, -0.2) is 42.9 Å². The standard InChI is InChI=1S/C23H25N3O2/c27-22-19-13-24-12-11-21(19)25-15-20(22)23(28)26-14-18(16-7-3-1-4-8-16)17-9-5-2-6-10-17/h1-10,15,18-19,21,24,27H,11-14H2,(H,26,28). The van der Waals surface area contributed by atoms with Gasteiger partial charge >= 0.3 is 0 Å². The van der Waals surface area contributed by atoms with Crippen LogP contribution in [0.5, 0.6) is 0 Å². The minimum atomic E-state index is -0.276. The summed E-state index contributed by atoms with van der Waals surface area (Å²) < 4.78 is 0. The second-order valence-corrected chi connectivity index (χ2v) is 7.33. The highest BCUT2D eigenvalue weighted by atomic mass is 16.3. The zero-order valence-corrected chi connectivity index (χ0v) is 15.7. The van der Waals surface area contributed by atoms with Crippen molar-refractivity contribution in [2.75, 3.05) is 19.6 Å². The molecule has 1 fully saturated rings. The molecular formula is C23H25N3O2. The first-order valence-electron chi connectivity index (χ1n) is 9.79. The van der Waals surface area contributed by atoms with Gasteiger partial charge in [-0.2, -0.15) is 0 Å². The summed E-state index contributed by atoms with van der Waals surface area (Å²) in [5, 5.41) is 16.9. The number of hydrogen-bond donors (Lipinski definition) is 3. The Hall–Kier alpha value is -2.92. The highest BCUT2D eigenvalue weighted by Crippen LogP contribution is 2.27.